The van der Waals surface area contributed by atoms with Gasteiger partial charge in [-0.05, 0) is 156 Å². The quantitative estimate of drug-likeness (QED) is 0.0752. The number of hydrogen-bond acceptors (Lipinski definition) is 17. The van der Waals surface area contributed by atoms with Gasteiger partial charge >= 0.3 is 0 Å². The number of nitrogen functional groups attached to an aromatic ring is 3. The van der Waals surface area contributed by atoms with Crippen LogP contribution in [0.1, 0.15) is 116 Å². The summed E-state index contributed by atoms with van der Waals surface area (Å²) in [6.45, 7) is 0.787. The third kappa shape index (κ3) is 15.9. The Morgan fingerprint density at radius 3 is 1.33 bits per heavy atom. The Bertz CT molecular complexity index is 3820. The summed E-state index contributed by atoms with van der Waals surface area (Å²) < 4.78 is 49.3. The lowest BCUT2D eigenvalue weighted by Gasteiger charge is -2.15. The van der Waals surface area contributed by atoms with Crippen LogP contribution in [0.2, 0.25) is 5.15 Å². The number of carbonyl (C=O) groups is 2. The van der Waals surface area contributed by atoms with Crippen molar-refractivity contribution in [3.63, 3.8) is 0 Å². The van der Waals surface area contributed by atoms with E-state index in [2.05, 4.69) is 69.7 Å². The van der Waals surface area contributed by atoms with Crippen molar-refractivity contribution in [2.75, 3.05) is 54.4 Å². The van der Waals surface area contributed by atoms with E-state index in [-0.39, 0.29) is 26.8 Å². The Morgan fingerprint density at radius 2 is 0.940 bits per heavy atom. The molecule has 6 aromatic heterocycles. The molecule has 8 aromatic rings. The maximum atomic E-state index is 12.8. The smallest absolute Gasteiger partial charge is 0.257 e. The van der Waals surface area contributed by atoms with Crippen LogP contribution in [0.4, 0.5) is 40.2 Å². The van der Waals surface area contributed by atoms with Gasteiger partial charge in [0.2, 0.25) is 0 Å². The lowest BCUT2D eigenvalue weighted by Crippen LogP contribution is -2.18. The lowest BCUT2D eigenvalue weighted by molar-refractivity contribution is 0.0809. The first-order chi connectivity index (χ1) is 39.6. The molecule has 23 heteroatoms. The highest BCUT2D eigenvalue weighted by Gasteiger charge is 2.32. The molecule has 0 spiro atoms. The second-order valence-corrected chi connectivity index (χ2v) is 26.2. The second-order valence-electron chi connectivity index (χ2n) is 20.9. The monoisotopic (exact) mass is 1240 g/mol. The summed E-state index contributed by atoms with van der Waals surface area (Å²) in [5.41, 5.74) is 25.8. The van der Waals surface area contributed by atoms with Crippen LogP contribution in [0, 0.1) is 0 Å². The number of carbonyl (C=O) groups excluding carboxylic acids is 2. The molecule has 2 aromatic carbocycles. The highest BCUT2D eigenvalue weighted by Crippen LogP contribution is 2.42. The average Bonchev–Trinajstić information content (AvgIpc) is 4.49. The molecule has 8 heterocycles. The van der Waals surface area contributed by atoms with E-state index in [0.29, 0.717) is 88.1 Å². The predicted octanol–water partition coefficient (Wildman–Crippen LogP) is 10.7. The first-order valence-electron chi connectivity index (χ1n) is 26.7. The summed E-state index contributed by atoms with van der Waals surface area (Å²) in [4.78, 5) is 53.9. The summed E-state index contributed by atoms with van der Waals surface area (Å²) in [7, 11) is -3.44. The number of fused-ring (bicyclic) bond motifs is 2. The van der Waals surface area contributed by atoms with Gasteiger partial charge in [0.1, 0.15) is 22.6 Å². The highest BCUT2D eigenvalue weighted by molar-refractivity contribution is 9.10. The molecule has 3 saturated carbocycles. The molecule has 0 bridgehead atoms. The van der Waals surface area contributed by atoms with E-state index in [1.54, 1.807) is 73.7 Å². The first-order valence-corrected chi connectivity index (χ1v) is 31.6. The van der Waals surface area contributed by atoms with E-state index in [4.69, 9.17) is 33.8 Å². The maximum Gasteiger partial charge on any atom is 0.257 e. The van der Waals surface area contributed by atoms with E-state index < -0.39 is 19.7 Å². The SMILES string of the molecule is CN1Cc2nc(Cc3ccc(C4CC4)cn3)cc(Nc3ccccc3S(C)(=O)=O)c2C1=O.CN1Cc2nc(Cl)cc(Nc3ccccc3S(C)(=O)=O)c2C1=O.Nc1ccc(Br)cn1.Nc1ccc(C2CC2)cn1.Nc1ccc(C2CC2)cn1. The van der Waals surface area contributed by atoms with Gasteiger partial charge in [-0.2, -0.15) is 0 Å². The molecular weight excluding hydrogens is 1180 g/mol. The maximum absolute atomic E-state index is 12.8. The average molecular weight is 1240 g/mol. The molecule has 3 fully saturated rings. The molecule has 0 saturated heterocycles. The molecule has 430 valence electrons. The molecule has 19 nitrogen and oxygen atoms in total. The fourth-order valence-electron chi connectivity index (χ4n) is 9.19. The number of aromatic nitrogens is 6. The number of para-hydroxylation sites is 2. The molecule has 2 aliphatic heterocycles. The van der Waals surface area contributed by atoms with Gasteiger partial charge in [0.25, 0.3) is 11.8 Å². The zero-order valence-corrected chi connectivity index (χ0v) is 50.1. The van der Waals surface area contributed by atoms with Crippen molar-refractivity contribution in [3.8, 4) is 0 Å². The number of hydrogen-bond donors (Lipinski definition) is 5. The summed E-state index contributed by atoms with van der Waals surface area (Å²) in [5, 5.41) is 6.46. The van der Waals surface area contributed by atoms with Crippen molar-refractivity contribution in [1.29, 1.82) is 0 Å². The highest BCUT2D eigenvalue weighted by atomic mass is 79.9. The van der Waals surface area contributed by atoms with Crippen molar-refractivity contribution in [2.24, 2.45) is 0 Å². The number of sulfone groups is 2. The number of rotatable bonds is 11. The topological polar surface area (TPSA) is 288 Å². The molecule has 8 N–H and O–H groups in total. The van der Waals surface area contributed by atoms with E-state index in [0.717, 1.165) is 34.0 Å². The molecule has 83 heavy (non-hydrogen) atoms. The van der Waals surface area contributed by atoms with E-state index >= 15 is 0 Å². The van der Waals surface area contributed by atoms with E-state index in [1.165, 1.54) is 78.5 Å². The molecule has 0 atom stereocenters. The van der Waals surface area contributed by atoms with Gasteiger partial charge in [0, 0.05) is 73.7 Å². The molecular formula is C60H63BrClN13O6S2. The third-order valence-electron chi connectivity index (χ3n) is 13.9. The lowest BCUT2D eigenvalue weighted by atomic mass is 10.1. The minimum atomic E-state index is -3.44. The Balaban J connectivity index is 0.000000139. The zero-order valence-electron chi connectivity index (χ0n) is 46.1. The van der Waals surface area contributed by atoms with Crippen molar-refractivity contribution in [3.05, 3.63) is 194 Å². The van der Waals surface area contributed by atoms with Crippen LogP contribution in [0.5, 0.6) is 0 Å². The van der Waals surface area contributed by atoms with Crippen LogP contribution in [-0.2, 0) is 39.2 Å². The normalized spacial score (nSPS) is 15.0. The van der Waals surface area contributed by atoms with Crippen LogP contribution in [0.25, 0.3) is 0 Å². The molecule has 13 rings (SSSR count). The van der Waals surface area contributed by atoms with Gasteiger partial charge in [-0.1, -0.05) is 54.1 Å². The number of nitrogens with one attached hydrogen (secondary N) is 2. The Kier molecular flexibility index (Phi) is 18.4. The predicted molar refractivity (Wildman–Crippen MR) is 327 cm³/mol. The van der Waals surface area contributed by atoms with Gasteiger partial charge < -0.3 is 37.6 Å². The van der Waals surface area contributed by atoms with Crippen molar-refractivity contribution >= 4 is 99.2 Å². The Labute approximate surface area is 496 Å². The van der Waals surface area contributed by atoms with Gasteiger partial charge in [-0.25, -0.2) is 36.8 Å². The number of halogens is 2. The van der Waals surface area contributed by atoms with Crippen molar-refractivity contribution < 1.29 is 26.4 Å². The Hall–Kier alpha value is -8.05. The van der Waals surface area contributed by atoms with Gasteiger partial charge in [-0.15, -0.1) is 0 Å². The summed E-state index contributed by atoms with van der Waals surface area (Å²) in [5.74, 6) is 3.69. The molecule has 0 radical (unpaired) electrons. The van der Waals surface area contributed by atoms with Crippen molar-refractivity contribution in [2.45, 2.75) is 85.6 Å². The number of anilines is 7. The Morgan fingerprint density at radius 1 is 0.530 bits per heavy atom. The number of nitrogens with zero attached hydrogens (tertiary/aromatic N) is 8. The summed E-state index contributed by atoms with van der Waals surface area (Å²) in [6.07, 6.45) is 18.0. The first kappa shape index (κ1) is 59.6. The van der Waals surface area contributed by atoms with Crippen LogP contribution in [0.3, 0.4) is 0 Å². The largest absolute Gasteiger partial charge is 0.384 e. The number of pyridine rings is 6. The van der Waals surface area contributed by atoms with Crippen LogP contribution in [-0.4, -0.2) is 95.0 Å². The van der Waals surface area contributed by atoms with Crippen LogP contribution < -0.4 is 27.8 Å². The fraction of sp³-hybridized carbons (Fsp3) is 0.267. The number of benzene rings is 2. The summed E-state index contributed by atoms with van der Waals surface area (Å²) >= 11 is 9.25. The second kappa shape index (κ2) is 25.6. The minimum Gasteiger partial charge on any atom is -0.384 e. The summed E-state index contributed by atoms with van der Waals surface area (Å²) in [6, 6.07) is 32.2. The molecule has 5 aliphatic rings. The van der Waals surface area contributed by atoms with Crippen LogP contribution in [0.15, 0.2) is 148 Å². The van der Waals surface area contributed by atoms with E-state index in [9.17, 15) is 26.4 Å². The van der Waals surface area contributed by atoms with Gasteiger partial charge in [-0.3, -0.25) is 19.6 Å². The van der Waals surface area contributed by atoms with Crippen LogP contribution >= 0.6 is 27.5 Å². The molecule has 0 unspecified atom stereocenters. The number of amides is 2. The zero-order chi connectivity index (χ0) is 59.2. The van der Waals surface area contributed by atoms with Gasteiger partial charge in [0.15, 0.2) is 19.7 Å². The standard InChI is InChI=1S/C24H24N4O3S.C15H14ClN3O3S.2C8H10N2.C5H5BrN2/c1-28-14-21-23(24(28)29)20(27-19-5-3-4-6-22(19)32(2,30)31)12-18(26-21)11-17-10-9-16(13-25-17)15-7-8-15;1-19-8-11-14(15(19)20)10(7-13(16)18-11)17-9-5-3-4-6-12(9)23(2,21)22;2*9-8-4-3-7(5-10-8)6-1-2-6;6-4-1-2-5(7)8-3-4/h3-6,9-10,12-13,15H,7-8,11,14H2,1-2H3,(H,26,27);3-7H,8H2,1-2H3,(H,17,18);2*3-6H,1-2H2,(H2,9,10);1-3H,(H2,7,8). The molecule has 2 amide bonds. The minimum absolute atomic E-state index is 0.134. The molecule has 3 aliphatic carbocycles. The number of nitrogens with two attached hydrogens (primary N) is 3. The fourth-order valence-corrected chi connectivity index (χ4v) is 11.3. The van der Waals surface area contributed by atoms with Gasteiger partial charge in [0.05, 0.1) is 68.1 Å². The van der Waals surface area contributed by atoms with E-state index in [1.807, 2.05) is 48.9 Å². The third-order valence-corrected chi connectivity index (χ3v) is 16.9. The van der Waals surface area contributed by atoms with Crippen molar-refractivity contribution in [1.82, 2.24) is 39.7 Å².